The quantitative estimate of drug-likeness (QED) is 0.799. The van der Waals surface area contributed by atoms with Gasteiger partial charge in [0, 0.05) is 29.2 Å². The Bertz CT molecular complexity index is 910. The number of thiazole rings is 1. The molecule has 1 saturated heterocycles. The molecule has 0 spiro atoms. The van der Waals surface area contributed by atoms with Crippen LogP contribution in [0.5, 0.6) is 5.75 Å². The van der Waals surface area contributed by atoms with Gasteiger partial charge in [0.1, 0.15) is 12.3 Å². The second-order valence-electron chi connectivity index (χ2n) is 6.25. The van der Waals surface area contributed by atoms with Crippen LogP contribution in [0.25, 0.3) is 0 Å². The van der Waals surface area contributed by atoms with Gasteiger partial charge in [-0.2, -0.15) is 4.99 Å². The number of ether oxygens (including phenoxy) is 2. The van der Waals surface area contributed by atoms with Crippen molar-refractivity contribution in [2.24, 2.45) is 4.99 Å². The highest BCUT2D eigenvalue weighted by molar-refractivity contribution is 7.09. The Labute approximate surface area is 161 Å². The van der Waals surface area contributed by atoms with E-state index in [1.54, 1.807) is 36.3 Å². The minimum absolute atomic E-state index is 0.00878. The summed E-state index contributed by atoms with van der Waals surface area (Å²) in [4.78, 5) is 32.9. The smallest absolute Gasteiger partial charge is 0.279 e. The Morgan fingerprint density at radius 1 is 1.26 bits per heavy atom. The predicted molar refractivity (Wildman–Crippen MR) is 102 cm³/mol. The first-order chi connectivity index (χ1) is 13.0. The highest BCUT2D eigenvalue weighted by atomic mass is 32.1. The Hall–Kier alpha value is -2.45. The van der Waals surface area contributed by atoms with Crippen LogP contribution in [0.15, 0.2) is 29.3 Å². The lowest BCUT2D eigenvalue weighted by molar-refractivity contribution is -0.135. The van der Waals surface area contributed by atoms with E-state index < -0.39 is 0 Å². The Kier molecular flexibility index (Phi) is 6.08. The number of aromatic nitrogens is 1. The van der Waals surface area contributed by atoms with E-state index in [1.807, 2.05) is 18.4 Å². The molecule has 0 N–H and O–H groups in total. The fourth-order valence-electron chi connectivity index (χ4n) is 2.82. The lowest BCUT2D eigenvalue weighted by atomic mass is 10.2. The molecule has 8 heteroatoms. The number of amides is 2. The molecule has 2 aromatic rings. The van der Waals surface area contributed by atoms with Crippen LogP contribution in [0.2, 0.25) is 0 Å². The number of hydrogen-bond acceptors (Lipinski definition) is 5. The van der Waals surface area contributed by atoms with Crippen LogP contribution in [0.1, 0.15) is 20.9 Å². The van der Waals surface area contributed by atoms with Gasteiger partial charge in [-0.3, -0.25) is 9.59 Å². The standard InChI is InChI=1S/C19H23N3O4S/c1-13-14(2)27-19(20-18(24)15-5-4-6-16(11-15)25-3)22(13)12-17(23)21-7-9-26-10-8-21/h4-6,11H,7-10,12H2,1-3H3. The molecule has 1 aliphatic heterocycles. The molecule has 7 nitrogen and oxygen atoms in total. The van der Waals surface area contributed by atoms with Gasteiger partial charge in [-0.15, -0.1) is 11.3 Å². The summed E-state index contributed by atoms with van der Waals surface area (Å²) in [6.07, 6.45) is 0. The molecule has 144 valence electrons. The SMILES string of the molecule is COc1cccc(C(=O)N=c2sc(C)c(C)n2CC(=O)N2CCOCC2)c1. The monoisotopic (exact) mass is 389 g/mol. The molecule has 0 radical (unpaired) electrons. The van der Waals surface area contributed by atoms with E-state index in [9.17, 15) is 9.59 Å². The van der Waals surface area contributed by atoms with Crippen LogP contribution in [-0.4, -0.2) is 54.7 Å². The van der Waals surface area contributed by atoms with E-state index in [2.05, 4.69) is 4.99 Å². The molecular formula is C19H23N3O4S. The third kappa shape index (κ3) is 4.45. The molecule has 1 aromatic heterocycles. The first-order valence-electron chi connectivity index (χ1n) is 8.75. The molecule has 1 aromatic carbocycles. The number of benzene rings is 1. The van der Waals surface area contributed by atoms with Crippen molar-refractivity contribution in [3.63, 3.8) is 0 Å². The number of carbonyl (C=O) groups is 2. The predicted octanol–water partition coefficient (Wildman–Crippen LogP) is 1.77. The van der Waals surface area contributed by atoms with Crippen molar-refractivity contribution in [1.29, 1.82) is 0 Å². The van der Waals surface area contributed by atoms with Crippen molar-refractivity contribution in [2.75, 3.05) is 33.4 Å². The minimum Gasteiger partial charge on any atom is -0.497 e. The molecular weight excluding hydrogens is 366 g/mol. The van der Waals surface area contributed by atoms with E-state index in [-0.39, 0.29) is 18.4 Å². The number of morpholine rings is 1. The number of rotatable bonds is 4. The van der Waals surface area contributed by atoms with Crippen LogP contribution in [-0.2, 0) is 16.1 Å². The van der Waals surface area contributed by atoms with E-state index in [4.69, 9.17) is 9.47 Å². The van der Waals surface area contributed by atoms with Crippen molar-refractivity contribution in [1.82, 2.24) is 9.47 Å². The summed E-state index contributed by atoms with van der Waals surface area (Å²) in [7, 11) is 1.55. The number of carbonyl (C=O) groups excluding carboxylic acids is 2. The molecule has 3 rings (SSSR count). The molecule has 0 aliphatic carbocycles. The highest BCUT2D eigenvalue weighted by Crippen LogP contribution is 2.14. The van der Waals surface area contributed by atoms with Gasteiger partial charge in [-0.25, -0.2) is 0 Å². The first kappa shape index (κ1) is 19.3. The zero-order valence-electron chi connectivity index (χ0n) is 15.7. The average Bonchev–Trinajstić information content (AvgIpc) is 2.96. The lowest BCUT2D eigenvalue weighted by Gasteiger charge is -2.27. The van der Waals surface area contributed by atoms with Crippen molar-refractivity contribution in [3.8, 4) is 5.75 Å². The van der Waals surface area contributed by atoms with Crippen LogP contribution in [0.3, 0.4) is 0 Å². The molecule has 27 heavy (non-hydrogen) atoms. The largest absolute Gasteiger partial charge is 0.497 e. The van der Waals surface area contributed by atoms with Gasteiger partial charge in [0.05, 0.1) is 20.3 Å². The molecule has 0 unspecified atom stereocenters. The molecule has 0 atom stereocenters. The van der Waals surface area contributed by atoms with Gasteiger partial charge in [0.15, 0.2) is 4.80 Å². The Balaban J connectivity index is 1.89. The second-order valence-corrected chi connectivity index (χ2v) is 7.44. The second kappa shape index (κ2) is 8.49. The number of nitrogens with zero attached hydrogens (tertiary/aromatic N) is 3. The molecule has 0 saturated carbocycles. The van der Waals surface area contributed by atoms with Crippen molar-refractivity contribution >= 4 is 23.2 Å². The van der Waals surface area contributed by atoms with E-state index >= 15 is 0 Å². The average molecular weight is 389 g/mol. The van der Waals surface area contributed by atoms with Gasteiger partial charge in [-0.1, -0.05) is 6.07 Å². The summed E-state index contributed by atoms with van der Waals surface area (Å²) >= 11 is 1.41. The fraction of sp³-hybridized carbons (Fsp3) is 0.421. The molecule has 0 bridgehead atoms. The minimum atomic E-state index is -0.359. The Morgan fingerprint density at radius 2 is 2.00 bits per heavy atom. The maximum atomic E-state index is 12.6. The topological polar surface area (TPSA) is 73.1 Å². The van der Waals surface area contributed by atoms with Crippen LogP contribution in [0.4, 0.5) is 0 Å². The highest BCUT2D eigenvalue weighted by Gasteiger charge is 2.19. The van der Waals surface area contributed by atoms with Crippen molar-refractivity contribution in [3.05, 3.63) is 45.2 Å². The fourth-order valence-corrected chi connectivity index (χ4v) is 3.80. The Morgan fingerprint density at radius 3 is 2.70 bits per heavy atom. The van der Waals surface area contributed by atoms with Gasteiger partial charge >= 0.3 is 0 Å². The lowest BCUT2D eigenvalue weighted by Crippen LogP contribution is -2.43. The summed E-state index contributed by atoms with van der Waals surface area (Å²) in [5.41, 5.74) is 1.39. The molecule has 2 heterocycles. The van der Waals surface area contributed by atoms with Gasteiger partial charge in [0.2, 0.25) is 5.91 Å². The third-order valence-electron chi connectivity index (χ3n) is 4.56. The number of methoxy groups -OCH3 is 1. The molecule has 2 amide bonds. The van der Waals surface area contributed by atoms with Gasteiger partial charge in [0.25, 0.3) is 5.91 Å². The van der Waals surface area contributed by atoms with E-state index in [1.165, 1.54) is 11.3 Å². The van der Waals surface area contributed by atoms with Crippen molar-refractivity contribution in [2.45, 2.75) is 20.4 Å². The number of aryl methyl sites for hydroxylation is 1. The first-order valence-corrected chi connectivity index (χ1v) is 9.56. The van der Waals surface area contributed by atoms with Gasteiger partial charge in [-0.05, 0) is 32.0 Å². The maximum absolute atomic E-state index is 12.6. The number of hydrogen-bond donors (Lipinski definition) is 0. The molecule has 1 fully saturated rings. The summed E-state index contributed by atoms with van der Waals surface area (Å²) in [6.45, 7) is 6.37. The third-order valence-corrected chi connectivity index (χ3v) is 5.66. The summed E-state index contributed by atoms with van der Waals surface area (Å²) in [5.74, 6) is 0.252. The van der Waals surface area contributed by atoms with Crippen LogP contribution in [0, 0.1) is 13.8 Å². The van der Waals surface area contributed by atoms with E-state index in [0.717, 1.165) is 10.6 Å². The molecule has 1 aliphatic rings. The normalized spacial score (nSPS) is 15.1. The van der Waals surface area contributed by atoms with Crippen LogP contribution >= 0.6 is 11.3 Å². The van der Waals surface area contributed by atoms with E-state index in [0.29, 0.717) is 42.4 Å². The summed E-state index contributed by atoms with van der Waals surface area (Å²) < 4.78 is 12.3. The van der Waals surface area contributed by atoms with Gasteiger partial charge < -0.3 is 18.9 Å². The summed E-state index contributed by atoms with van der Waals surface area (Å²) in [6, 6.07) is 6.88. The summed E-state index contributed by atoms with van der Waals surface area (Å²) in [5, 5.41) is 0. The van der Waals surface area contributed by atoms with Crippen LogP contribution < -0.4 is 9.54 Å². The zero-order valence-corrected chi connectivity index (χ0v) is 16.5. The van der Waals surface area contributed by atoms with Crippen molar-refractivity contribution < 1.29 is 19.1 Å². The maximum Gasteiger partial charge on any atom is 0.279 e. The zero-order chi connectivity index (χ0) is 19.4.